The Morgan fingerprint density at radius 1 is 1.28 bits per heavy atom. The third-order valence-electron chi connectivity index (χ3n) is 2.43. The van der Waals surface area contributed by atoms with Gasteiger partial charge in [0.1, 0.15) is 0 Å². The Hall–Kier alpha value is -1.71. The maximum atomic E-state index is 11.9. The fourth-order valence-electron chi connectivity index (χ4n) is 1.57. The van der Waals surface area contributed by atoms with Crippen LogP contribution >= 0.6 is 0 Å². The van der Waals surface area contributed by atoms with Crippen LogP contribution in [0.1, 0.15) is 27.2 Å². The number of hydrogen-bond donors (Lipinski definition) is 1. The molecule has 0 fully saturated rings. The molecule has 0 aromatic heterocycles. The van der Waals surface area contributed by atoms with Crippen LogP contribution in [0.15, 0.2) is 24.3 Å². The van der Waals surface area contributed by atoms with Crippen molar-refractivity contribution >= 4 is 5.91 Å². The van der Waals surface area contributed by atoms with Crippen molar-refractivity contribution in [3.63, 3.8) is 0 Å². The summed E-state index contributed by atoms with van der Waals surface area (Å²) in [7, 11) is 1.58. The van der Waals surface area contributed by atoms with Crippen molar-refractivity contribution in [1.29, 1.82) is 0 Å². The molecule has 0 bridgehead atoms. The van der Waals surface area contributed by atoms with Crippen molar-refractivity contribution in [3.8, 4) is 11.5 Å². The van der Waals surface area contributed by atoms with Gasteiger partial charge in [-0.2, -0.15) is 0 Å². The maximum absolute atomic E-state index is 11.9. The van der Waals surface area contributed by atoms with Crippen molar-refractivity contribution in [2.24, 2.45) is 0 Å². The van der Waals surface area contributed by atoms with Gasteiger partial charge in [-0.15, -0.1) is 0 Å². The molecule has 1 N–H and O–H groups in total. The van der Waals surface area contributed by atoms with Gasteiger partial charge in [-0.1, -0.05) is 19.1 Å². The predicted octanol–water partition coefficient (Wildman–Crippen LogP) is 2.38. The van der Waals surface area contributed by atoms with Crippen LogP contribution in [0.25, 0.3) is 0 Å². The molecule has 100 valence electrons. The van der Waals surface area contributed by atoms with Crippen molar-refractivity contribution in [1.82, 2.24) is 5.32 Å². The van der Waals surface area contributed by atoms with E-state index < -0.39 is 6.10 Å². The summed E-state index contributed by atoms with van der Waals surface area (Å²) in [6, 6.07) is 7.42. The van der Waals surface area contributed by atoms with E-state index in [1.54, 1.807) is 13.2 Å². The van der Waals surface area contributed by atoms with Crippen molar-refractivity contribution in [3.05, 3.63) is 24.3 Å². The number of rotatable bonds is 6. The van der Waals surface area contributed by atoms with Crippen molar-refractivity contribution in [2.75, 3.05) is 7.11 Å². The normalized spacial score (nSPS) is 12.1. The number of para-hydroxylation sites is 2. The molecular formula is C14H21NO3. The molecule has 4 nitrogen and oxygen atoms in total. The molecular weight excluding hydrogens is 230 g/mol. The first-order valence-corrected chi connectivity index (χ1v) is 6.18. The molecule has 0 radical (unpaired) electrons. The van der Waals surface area contributed by atoms with Crippen LogP contribution in [0.2, 0.25) is 0 Å². The van der Waals surface area contributed by atoms with E-state index in [2.05, 4.69) is 5.32 Å². The van der Waals surface area contributed by atoms with E-state index in [1.165, 1.54) is 0 Å². The molecule has 1 rings (SSSR count). The number of nitrogens with one attached hydrogen (secondary N) is 1. The Morgan fingerprint density at radius 3 is 2.39 bits per heavy atom. The third-order valence-corrected chi connectivity index (χ3v) is 2.43. The molecule has 0 spiro atoms. The fourth-order valence-corrected chi connectivity index (χ4v) is 1.57. The summed E-state index contributed by atoms with van der Waals surface area (Å²) in [4.78, 5) is 11.9. The highest BCUT2D eigenvalue weighted by atomic mass is 16.5. The Kier molecular flexibility index (Phi) is 5.49. The number of methoxy groups -OCH3 is 1. The lowest BCUT2D eigenvalue weighted by atomic mass is 10.2. The number of amides is 1. The minimum atomic E-state index is -0.497. The van der Waals surface area contributed by atoms with Crippen LogP contribution < -0.4 is 14.8 Å². The van der Waals surface area contributed by atoms with E-state index in [1.807, 2.05) is 39.0 Å². The standard InChI is InChI=1S/C14H21NO3/c1-5-11(14(16)15-10(2)3)18-13-9-7-6-8-12(13)17-4/h6-11H,5H2,1-4H3,(H,15,16)/t11-/m1/s1. The molecule has 0 saturated heterocycles. The number of benzene rings is 1. The zero-order chi connectivity index (χ0) is 13.5. The number of carbonyl (C=O) groups excluding carboxylic acids is 1. The minimum Gasteiger partial charge on any atom is -0.493 e. The number of ether oxygens (including phenoxy) is 2. The van der Waals surface area contributed by atoms with Gasteiger partial charge < -0.3 is 14.8 Å². The van der Waals surface area contributed by atoms with Crippen molar-refractivity contribution in [2.45, 2.75) is 39.3 Å². The van der Waals surface area contributed by atoms with Gasteiger partial charge in [0.15, 0.2) is 17.6 Å². The predicted molar refractivity (Wildman–Crippen MR) is 71.0 cm³/mol. The van der Waals surface area contributed by atoms with E-state index >= 15 is 0 Å². The van der Waals surface area contributed by atoms with Gasteiger partial charge in [0, 0.05) is 6.04 Å². The lowest BCUT2D eigenvalue weighted by Crippen LogP contribution is -2.41. The average molecular weight is 251 g/mol. The Bertz CT molecular complexity index is 390. The monoisotopic (exact) mass is 251 g/mol. The topological polar surface area (TPSA) is 47.6 Å². The molecule has 1 atom stereocenters. The number of carbonyl (C=O) groups is 1. The van der Waals surface area contributed by atoms with Gasteiger partial charge in [0.2, 0.25) is 0 Å². The molecule has 0 aliphatic carbocycles. The van der Waals surface area contributed by atoms with Crippen LogP contribution in [0.3, 0.4) is 0 Å². The molecule has 4 heteroatoms. The van der Waals surface area contributed by atoms with Gasteiger partial charge in [0.05, 0.1) is 7.11 Å². The zero-order valence-corrected chi connectivity index (χ0v) is 11.4. The summed E-state index contributed by atoms with van der Waals surface area (Å²) in [5.74, 6) is 1.12. The first-order valence-electron chi connectivity index (χ1n) is 6.18. The molecule has 0 heterocycles. The van der Waals surface area contributed by atoms with Gasteiger partial charge in [0.25, 0.3) is 5.91 Å². The van der Waals surface area contributed by atoms with E-state index in [4.69, 9.17) is 9.47 Å². The fraction of sp³-hybridized carbons (Fsp3) is 0.500. The quantitative estimate of drug-likeness (QED) is 0.844. The summed E-state index contributed by atoms with van der Waals surface area (Å²) in [5.41, 5.74) is 0. The average Bonchev–Trinajstić information content (AvgIpc) is 2.35. The Labute approximate surface area is 108 Å². The highest BCUT2D eigenvalue weighted by Crippen LogP contribution is 2.27. The van der Waals surface area contributed by atoms with Crippen LogP contribution in [-0.4, -0.2) is 25.2 Å². The molecule has 0 aliphatic heterocycles. The highest BCUT2D eigenvalue weighted by Gasteiger charge is 2.20. The zero-order valence-electron chi connectivity index (χ0n) is 11.4. The van der Waals surface area contributed by atoms with E-state index in [-0.39, 0.29) is 11.9 Å². The largest absolute Gasteiger partial charge is 0.493 e. The van der Waals surface area contributed by atoms with Gasteiger partial charge in [-0.05, 0) is 32.4 Å². The van der Waals surface area contributed by atoms with Gasteiger partial charge >= 0.3 is 0 Å². The summed E-state index contributed by atoms with van der Waals surface area (Å²) in [6.45, 7) is 5.77. The van der Waals surface area contributed by atoms with E-state index in [0.29, 0.717) is 17.9 Å². The summed E-state index contributed by atoms with van der Waals surface area (Å²) < 4.78 is 10.9. The van der Waals surface area contributed by atoms with Crippen LogP contribution in [0, 0.1) is 0 Å². The van der Waals surface area contributed by atoms with Crippen LogP contribution in [0.5, 0.6) is 11.5 Å². The lowest BCUT2D eigenvalue weighted by molar-refractivity contribution is -0.128. The van der Waals surface area contributed by atoms with E-state index in [9.17, 15) is 4.79 Å². The lowest BCUT2D eigenvalue weighted by Gasteiger charge is -2.20. The molecule has 0 unspecified atom stereocenters. The molecule has 1 aromatic rings. The third kappa shape index (κ3) is 3.95. The molecule has 0 saturated carbocycles. The second-order valence-corrected chi connectivity index (χ2v) is 4.33. The van der Waals surface area contributed by atoms with E-state index in [0.717, 1.165) is 0 Å². The molecule has 1 aromatic carbocycles. The second kappa shape index (κ2) is 6.89. The first kappa shape index (κ1) is 14.4. The van der Waals surface area contributed by atoms with Gasteiger partial charge in [-0.3, -0.25) is 4.79 Å². The van der Waals surface area contributed by atoms with Crippen molar-refractivity contribution < 1.29 is 14.3 Å². The first-order chi connectivity index (χ1) is 8.58. The molecule has 18 heavy (non-hydrogen) atoms. The minimum absolute atomic E-state index is 0.0987. The van der Waals surface area contributed by atoms with Gasteiger partial charge in [-0.25, -0.2) is 0 Å². The highest BCUT2D eigenvalue weighted by molar-refractivity contribution is 5.81. The Balaban J connectivity index is 2.76. The smallest absolute Gasteiger partial charge is 0.261 e. The second-order valence-electron chi connectivity index (χ2n) is 4.33. The Morgan fingerprint density at radius 2 is 1.89 bits per heavy atom. The molecule has 1 amide bonds. The summed E-state index contributed by atoms with van der Waals surface area (Å²) in [5, 5.41) is 2.85. The molecule has 0 aliphatic rings. The summed E-state index contributed by atoms with van der Waals surface area (Å²) >= 11 is 0. The summed E-state index contributed by atoms with van der Waals surface area (Å²) in [6.07, 6.45) is 0.111. The van der Waals surface area contributed by atoms with Crippen LogP contribution in [0.4, 0.5) is 0 Å². The van der Waals surface area contributed by atoms with Crippen LogP contribution in [-0.2, 0) is 4.79 Å². The maximum Gasteiger partial charge on any atom is 0.261 e. The number of hydrogen-bond acceptors (Lipinski definition) is 3. The SMILES string of the molecule is CC[C@@H](Oc1ccccc1OC)C(=O)NC(C)C.